The number of aryl methyl sites for hydroxylation is 1. The predicted molar refractivity (Wildman–Crippen MR) is 87.3 cm³/mol. The third kappa shape index (κ3) is 3.49. The molecule has 0 saturated heterocycles. The number of nitrogens with zero attached hydrogens (tertiary/aromatic N) is 1. The molecule has 0 aliphatic carbocycles. The zero-order valence-electron chi connectivity index (χ0n) is 11.7. The molecule has 108 valence electrons. The van der Waals surface area contributed by atoms with Gasteiger partial charge in [0.1, 0.15) is 0 Å². The summed E-state index contributed by atoms with van der Waals surface area (Å²) in [5.41, 5.74) is 3.35. The van der Waals surface area contributed by atoms with Crippen molar-refractivity contribution in [3.8, 4) is 0 Å². The predicted octanol–water partition coefficient (Wildman–Crippen LogP) is 4.21. The minimum absolute atomic E-state index is 0.214. The van der Waals surface area contributed by atoms with Crippen molar-refractivity contribution < 1.29 is 10.0 Å². The van der Waals surface area contributed by atoms with Crippen LogP contribution >= 0.6 is 15.9 Å². The van der Waals surface area contributed by atoms with Gasteiger partial charge in [-0.2, -0.15) is 0 Å². The molecule has 5 heteroatoms. The van der Waals surface area contributed by atoms with E-state index in [-0.39, 0.29) is 5.91 Å². The quantitative estimate of drug-likeness (QED) is 0.496. The Balaban J connectivity index is 2.30. The van der Waals surface area contributed by atoms with Gasteiger partial charge < -0.3 is 10.5 Å². The van der Waals surface area contributed by atoms with Crippen LogP contribution in [0, 0.1) is 6.92 Å². The standard InChI is InChI=1S/C16H15BrN2O2/c1-10-7-8-12(9-14(10)17)16(20)18-15-6-4-3-5-13(15)11(2)19-21/h3-9,21H,1-2H3,(H,18,20)/b19-11-. The highest BCUT2D eigenvalue weighted by Crippen LogP contribution is 2.20. The van der Waals surface area contributed by atoms with Gasteiger partial charge in [0.05, 0.1) is 11.4 Å². The van der Waals surface area contributed by atoms with Crippen molar-refractivity contribution in [3.05, 3.63) is 63.6 Å². The smallest absolute Gasteiger partial charge is 0.255 e. The average Bonchev–Trinajstić information content (AvgIpc) is 2.49. The Morgan fingerprint density at radius 3 is 2.62 bits per heavy atom. The average molecular weight is 347 g/mol. The van der Waals surface area contributed by atoms with Crippen LogP contribution in [0.5, 0.6) is 0 Å². The lowest BCUT2D eigenvalue weighted by Gasteiger charge is -2.10. The van der Waals surface area contributed by atoms with E-state index in [4.69, 9.17) is 5.21 Å². The van der Waals surface area contributed by atoms with Crippen LogP contribution in [0.1, 0.15) is 28.4 Å². The van der Waals surface area contributed by atoms with E-state index in [9.17, 15) is 4.79 Å². The molecule has 0 fully saturated rings. The summed E-state index contributed by atoms with van der Waals surface area (Å²) in [6.45, 7) is 3.63. The molecule has 0 radical (unpaired) electrons. The van der Waals surface area contributed by atoms with Crippen LogP contribution in [0.2, 0.25) is 0 Å². The summed E-state index contributed by atoms with van der Waals surface area (Å²) < 4.78 is 0.886. The number of nitrogens with one attached hydrogen (secondary N) is 1. The Labute approximate surface area is 131 Å². The molecule has 0 aliphatic heterocycles. The maximum atomic E-state index is 12.3. The number of halogens is 1. The zero-order chi connectivity index (χ0) is 15.4. The molecule has 0 bridgehead atoms. The van der Waals surface area contributed by atoms with Crippen molar-refractivity contribution in [2.45, 2.75) is 13.8 Å². The van der Waals surface area contributed by atoms with E-state index in [0.29, 0.717) is 22.5 Å². The lowest BCUT2D eigenvalue weighted by atomic mass is 10.1. The molecular formula is C16H15BrN2O2. The maximum Gasteiger partial charge on any atom is 0.255 e. The first kappa shape index (κ1) is 15.3. The van der Waals surface area contributed by atoms with E-state index in [1.165, 1.54) is 0 Å². The summed E-state index contributed by atoms with van der Waals surface area (Å²) in [6, 6.07) is 12.6. The van der Waals surface area contributed by atoms with Crippen LogP contribution in [0.25, 0.3) is 0 Å². The fourth-order valence-electron chi connectivity index (χ4n) is 1.89. The summed E-state index contributed by atoms with van der Waals surface area (Å²) in [6.07, 6.45) is 0. The SMILES string of the molecule is C/C(=N/O)c1ccccc1NC(=O)c1ccc(C)c(Br)c1. The number of hydrogen-bond donors (Lipinski definition) is 2. The molecule has 2 aromatic carbocycles. The van der Waals surface area contributed by atoms with Gasteiger partial charge in [0.15, 0.2) is 0 Å². The summed E-state index contributed by atoms with van der Waals surface area (Å²) in [7, 11) is 0. The van der Waals surface area contributed by atoms with Crippen LogP contribution in [0.3, 0.4) is 0 Å². The molecule has 2 aromatic rings. The number of benzene rings is 2. The third-order valence-electron chi connectivity index (χ3n) is 3.15. The van der Waals surface area contributed by atoms with E-state index in [2.05, 4.69) is 26.4 Å². The van der Waals surface area contributed by atoms with Crippen LogP contribution in [-0.2, 0) is 0 Å². The molecule has 0 atom stereocenters. The second-order valence-corrected chi connectivity index (χ2v) is 5.50. The lowest BCUT2D eigenvalue weighted by Crippen LogP contribution is -2.14. The Kier molecular flexibility index (Phi) is 4.75. The zero-order valence-corrected chi connectivity index (χ0v) is 13.3. The number of carbonyl (C=O) groups is 1. The maximum absolute atomic E-state index is 12.3. The fourth-order valence-corrected chi connectivity index (χ4v) is 2.27. The van der Waals surface area contributed by atoms with E-state index in [0.717, 1.165) is 10.0 Å². The summed E-state index contributed by atoms with van der Waals surface area (Å²) in [5, 5.41) is 14.9. The Bertz CT molecular complexity index is 711. The lowest BCUT2D eigenvalue weighted by molar-refractivity contribution is 0.102. The second-order valence-electron chi connectivity index (χ2n) is 4.65. The first-order chi connectivity index (χ1) is 10.0. The molecule has 0 unspecified atom stereocenters. The van der Waals surface area contributed by atoms with Gasteiger partial charge in [-0.15, -0.1) is 0 Å². The highest BCUT2D eigenvalue weighted by atomic mass is 79.9. The number of para-hydroxylation sites is 1. The number of hydrogen-bond acceptors (Lipinski definition) is 3. The molecule has 0 spiro atoms. The van der Waals surface area contributed by atoms with Crippen LogP contribution in [0.15, 0.2) is 52.1 Å². The topological polar surface area (TPSA) is 61.7 Å². The van der Waals surface area contributed by atoms with Gasteiger partial charge in [-0.05, 0) is 37.6 Å². The number of amides is 1. The molecule has 0 heterocycles. The number of anilines is 1. The van der Waals surface area contributed by atoms with Gasteiger partial charge in [0.25, 0.3) is 5.91 Å². The van der Waals surface area contributed by atoms with Crippen molar-refractivity contribution in [1.29, 1.82) is 0 Å². The second kappa shape index (κ2) is 6.54. The van der Waals surface area contributed by atoms with Crippen LogP contribution in [0.4, 0.5) is 5.69 Å². The summed E-state index contributed by atoms with van der Waals surface area (Å²) in [4.78, 5) is 12.3. The Morgan fingerprint density at radius 1 is 1.24 bits per heavy atom. The highest BCUT2D eigenvalue weighted by molar-refractivity contribution is 9.10. The molecular weight excluding hydrogens is 332 g/mol. The molecule has 0 saturated carbocycles. The van der Waals surface area contributed by atoms with E-state index >= 15 is 0 Å². The monoisotopic (exact) mass is 346 g/mol. The fraction of sp³-hybridized carbons (Fsp3) is 0.125. The highest BCUT2D eigenvalue weighted by Gasteiger charge is 2.11. The molecule has 1 amide bonds. The molecule has 21 heavy (non-hydrogen) atoms. The van der Waals surface area contributed by atoms with Gasteiger partial charge in [0.2, 0.25) is 0 Å². The van der Waals surface area contributed by atoms with E-state index in [1.54, 1.807) is 31.2 Å². The molecule has 0 aliphatic rings. The molecule has 0 aromatic heterocycles. The minimum atomic E-state index is -0.214. The van der Waals surface area contributed by atoms with Gasteiger partial charge in [0, 0.05) is 15.6 Å². The van der Waals surface area contributed by atoms with Crippen LogP contribution in [-0.4, -0.2) is 16.8 Å². The first-order valence-electron chi connectivity index (χ1n) is 6.38. The summed E-state index contributed by atoms with van der Waals surface area (Å²) in [5.74, 6) is -0.214. The van der Waals surface area contributed by atoms with Crippen molar-refractivity contribution >= 4 is 33.2 Å². The van der Waals surface area contributed by atoms with Crippen molar-refractivity contribution in [3.63, 3.8) is 0 Å². The van der Waals surface area contributed by atoms with Gasteiger partial charge in [-0.1, -0.05) is 45.4 Å². The Hall–Kier alpha value is -2.14. The van der Waals surface area contributed by atoms with E-state index < -0.39 is 0 Å². The molecule has 2 rings (SSSR count). The molecule has 2 N–H and O–H groups in total. The van der Waals surface area contributed by atoms with Gasteiger partial charge in [-0.3, -0.25) is 4.79 Å². The van der Waals surface area contributed by atoms with Gasteiger partial charge >= 0.3 is 0 Å². The molecule has 4 nitrogen and oxygen atoms in total. The first-order valence-corrected chi connectivity index (χ1v) is 7.18. The largest absolute Gasteiger partial charge is 0.411 e. The number of rotatable bonds is 3. The Morgan fingerprint density at radius 2 is 1.95 bits per heavy atom. The van der Waals surface area contributed by atoms with Crippen molar-refractivity contribution in [2.24, 2.45) is 5.16 Å². The number of carbonyl (C=O) groups excluding carboxylic acids is 1. The van der Waals surface area contributed by atoms with Crippen molar-refractivity contribution in [2.75, 3.05) is 5.32 Å². The van der Waals surface area contributed by atoms with Gasteiger partial charge in [-0.25, -0.2) is 0 Å². The normalized spacial score (nSPS) is 11.3. The third-order valence-corrected chi connectivity index (χ3v) is 4.00. The number of oxime groups is 1. The summed E-state index contributed by atoms with van der Waals surface area (Å²) >= 11 is 3.42. The van der Waals surface area contributed by atoms with E-state index in [1.807, 2.05) is 25.1 Å². The van der Waals surface area contributed by atoms with Crippen LogP contribution < -0.4 is 5.32 Å². The van der Waals surface area contributed by atoms with Crippen molar-refractivity contribution in [1.82, 2.24) is 0 Å². The minimum Gasteiger partial charge on any atom is -0.411 e.